The minimum Gasteiger partial charge on any atom is -0.385 e. The van der Waals surface area contributed by atoms with Crippen molar-refractivity contribution in [3.8, 4) is 0 Å². The van der Waals surface area contributed by atoms with Crippen LogP contribution in [0.1, 0.15) is 42.9 Å². The van der Waals surface area contributed by atoms with E-state index in [0.717, 1.165) is 50.5 Å². The van der Waals surface area contributed by atoms with Crippen LogP contribution in [0, 0.1) is 0 Å². The van der Waals surface area contributed by atoms with Gasteiger partial charge >= 0.3 is 0 Å². The van der Waals surface area contributed by atoms with E-state index in [9.17, 15) is 5.11 Å². The highest BCUT2D eigenvalue weighted by atomic mass is 16.3. The van der Waals surface area contributed by atoms with Gasteiger partial charge in [0.25, 0.3) is 0 Å². The van der Waals surface area contributed by atoms with E-state index in [1.165, 1.54) is 0 Å². The Morgan fingerprint density at radius 3 is 3.07 bits per heavy atom. The lowest BCUT2D eigenvalue weighted by molar-refractivity contribution is 0.130. The maximum atomic E-state index is 9.78. The smallest absolute Gasteiger partial charge is 0.156 e. The fraction of sp³-hybridized carbons (Fsp3) is 0.800. The molecule has 0 amide bonds. The molecule has 1 aromatic rings. The fourth-order valence-corrected chi connectivity index (χ4v) is 2.39. The van der Waals surface area contributed by atoms with Crippen LogP contribution < -0.4 is 5.32 Å². The summed E-state index contributed by atoms with van der Waals surface area (Å²) in [6.07, 6.45) is 2.52. The third-order valence-corrected chi connectivity index (χ3v) is 3.29. The van der Waals surface area contributed by atoms with Gasteiger partial charge in [-0.05, 0) is 25.8 Å². The second kappa shape index (κ2) is 3.57. The molecule has 0 saturated carbocycles. The number of aliphatic hydroxyl groups is 1. The molecular formula is C10H16N4O. The van der Waals surface area contributed by atoms with Crippen molar-refractivity contribution in [2.24, 2.45) is 0 Å². The molecular weight excluding hydrogens is 192 g/mol. The Hall–Kier alpha value is -0.940. The number of rotatable bonds is 1. The molecule has 1 aromatic heterocycles. The molecule has 2 N–H and O–H groups in total. The number of nitrogens with one attached hydrogen (secondary N) is 1. The molecule has 2 atom stereocenters. The SMILES string of the molecule is OC1CCCn2nc(C3CCNC3)nc21. The number of aliphatic hydroxyl groups excluding tert-OH is 1. The summed E-state index contributed by atoms with van der Waals surface area (Å²) in [4.78, 5) is 4.48. The average molecular weight is 208 g/mol. The number of aryl methyl sites for hydroxylation is 1. The van der Waals surface area contributed by atoms with Crippen molar-refractivity contribution in [3.63, 3.8) is 0 Å². The van der Waals surface area contributed by atoms with Crippen molar-refractivity contribution >= 4 is 0 Å². The van der Waals surface area contributed by atoms with E-state index in [-0.39, 0.29) is 0 Å². The summed E-state index contributed by atoms with van der Waals surface area (Å²) in [7, 11) is 0. The highest BCUT2D eigenvalue weighted by molar-refractivity contribution is 5.05. The van der Waals surface area contributed by atoms with Crippen LogP contribution in [0.25, 0.3) is 0 Å². The van der Waals surface area contributed by atoms with Gasteiger partial charge in [-0.1, -0.05) is 0 Å². The van der Waals surface area contributed by atoms with Crippen LogP contribution in [0.2, 0.25) is 0 Å². The quantitative estimate of drug-likeness (QED) is 0.691. The molecule has 0 aromatic carbocycles. The average Bonchev–Trinajstić information content (AvgIpc) is 2.86. The van der Waals surface area contributed by atoms with Crippen LogP contribution in [0.5, 0.6) is 0 Å². The van der Waals surface area contributed by atoms with Gasteiger partial charge < -0.3 is 10.4 Å². The second-order valence-electron chi connectivity index (χ2n) is 4.40. The molecule has 1 fully saturated rings. The summed E-state index contributed by atoms with van der Waals surface area (Å²) in [5.74, 6) is 2.12. The normalized spacial score (nSPS) is 30.5. The third-order valence-electron chi connectivity index (χ3n) is 3.29. The molecule has 0 bridgehead atoms. The van der Waals surface area contributed by atoms with Crippen molar-refractivity contribution in [1.82, 2.24) is 20.1 Å². The van der Waals surface area contributed by atoms with Crippen molar-refractivity contribution in [1.29, 1.82) is 0 Å². The molecule has 2 aliphatic heterocycles. The predicted octanol–water partition coefficient (Wildman–Crippen LogP) is 0.182. The topological polar surface area (TPSA) is 63.0 Å². The third kappa shape index (κ3) is 1.55. The number of aromatic nitrogens is 3. The zero-order valence-corrected chi connectivity index (χ0v) is 8.69. The first-order chi connectivity index (χ1) is 7.34. The first kappa shape index (κ1) is 9.30. The lowest BCUT2D eigenvalue weighted by Gasteiger charge is -2.16. The van der Waals surface area contributed by atoms with Gasteiger partial charge in [-0.2, -0.15) is 5.10 Å². The summed E-state index contributed by atoms with van der Waals surface area (Å²) in [6, 6.07) is 0. The number of fused-ring (bicyclic) bond motifs is 1. The Kier molecular flexibility index (Phi) is 2.21. The van der Waals surface area contributed by atoms with Gasteiger partial charge in [0.2, 0.25) is 0 Å². The van der Waals surface area contributed by atoms with E-state index in [1.54, 1.807) is 0 Å². The number of hydrogen-bond donors (Lipinski definition) is 2. The highest BCUT2D eigenvalue weighted by Gasteiger charge is 2.26. The molecule has 0 aliphatic carbocycles. The minimum atomic E-state index is -0.408. The zero-order chi connectivity index (χ0) is 10.3. The van der Waals surface area contributed by atoms with E-state index in [0.29, 0.717) is 5.92 Å². The van der Waals surface area contributed by atoms with E-state index >= 15 is 0 Å². The fourth-order valence-electron chi connectivity index (χ4n) is 2.39. The van der Waals surface area contributed by atoms with Gasteiger partial charge in [0.05, 0.1) is 0 Å². The molecule has 2 aliphatic rings. The molecule has 15 heavy (non-hydrogen) atoms. The summed E-state index contributed by atoms with van der Waals surface area (Å²) in [6.45, 7) is 2.93. The van der Waals surface area contributed by atoms with Crippen LogP contribution in [0.15, 0.2) is 0 Å². The largest absolute Gasteiger partial charge is 0.385 e. The van der Waals surface area contributed by atoms with Gasteiger partial charge in [0.1, 0.15) is 6.10 Å². The lowest BCUT2D eigenvalue weighted by atomic mass is 10.1. The summed E-state index contributed by atoms with van der Waals surface area (Å²) < 4.78 is 1.88. The van der Waals surface area contributed by atoms with Gasteiger partial charge in [-0.25, -0.2) is 9.67 Å². The summed E-state index contributed by atoms with van der Waals surface area (Å²) in [5, 5.41) is 17.6. The van der Waals surface area contributed by atoms with Crippen molar-refractivity contribution in [2.75, 3.05) is 13.1 Å². The van der Waals surface area contributed by atoms with E-state index in [2.05, 4.69) is 15.4 Å². The molecule has 3 heterocycles. The lowest BCUT2D eigenvalue weighted by Crippen LogP contribution is -2.16. The molecule has 3 rings (SSSR count). The van der Waals surface area contributed by atoms with E-state index in [4.69, 9.17) is 0 Å². The predicted molar refractivity (Wildman–Crippen MR) is 54.4 cm³/mol. The number of hydrogen-bond acceptors (Lipinski definition) is 4. The number of nitrogens with zero attached hydrogens (tertiary/aromatic N) is 3. The molecule has 82 valence electrons. The van der Waals surface area contributed by atoms with Gasteiger partial charge in [-0.3, -0.25) is 0 Å². The second-order valence-corrected chi connectivity index (χ2v) is 4.40. The Morgan fingerprint density at radius 1 is 1.40 bits per heavy atom. The van der Waals surface area contributed by atoms with Crippen molar-refractivity contribution < 1.29 is 5.11 Å². The van der Waals surface area contributed by atoms with Crippen LogP contribution in [-0.2, 0) is 6.54 Å². The first-order valence-corrected chi connectivity index (χ1v) is 5.68. The zero-order valence-electron chi connectivity index (χ0n) is 8.69. The first-order valence-electron chi connectivity index (χ1n) is 5.68. The van der Waals surface area contributed by atoms with Gasteiger partial charge in [0, 0.05) is 19.0 Å². The molecule has 5 heteroatoms. The minimum absolute atomic E-state index is 0.408. The van der Waals surface area contributed by atoms with Crippen LogP contribution in [0.3, 0.4) is 0 Å². The van der Waals surface area contributed by atoms with Crippen LogP contribution in [0.4, 0.5) is 0 Å². The maximum absolute atomic E-state index is 9.78. The molecule has 2 unspecified atom stereocenters. The van der Waals surface area contributed by atoms with Crippen LogP contribution >= 0.6 is 0 Å². The van der Waals surface area contributed by atoms with Crippen LogP contribution in [-0.4, -0.2) is 33.0 Å². The summed E-state index contributed by atoms with van der Waals surface area (Å²) in [5.41, 5.74) is 0. The van der Waals surface area contributed by atoms with Crippen molar-refractivity contribution in [2.45, 2.75) is 37.8 Å². The Bertz CT molecular complexity index is 356. The van der Waals surface area contributed by atoms with Gasteiger partial charge in [-0.15, -0.1) is 0 Å². The van der Waals surface area contributed by atoms with Crippen molar-refractivity contribution in [3.05, 3.63) is 11.6 Å². The van der Waals surface area contributed by atoms with Gasteiger partial charge in [0.15, 0.2) is 11.6 Å². The molecule has 1 saturated heterocycles. The van der Waals surface area contributed by atoms with E-state index < -0.39 is 6.10 Å². The molecule has 0 radical (unpaired) electrons. The monoisotopic (exact) mass is 208 g/mol. The summed E-state index contributed by atoms with van der Waals surface area (Å²) >= 11 is 0. The standard InChI is InChI=1S/C10H16N4O/c15-8-2-1-5-14-10(8)12-9(13-14)7-3-4-11-6-7/h7-8,11,15H,1-6H2. The molecule has 5 nitrogen and oxygen atoms in total. The van der Waals surface area contributed by atoms with E-state index in [1.807, 2.05) is 4.68 Å². The Morgan fingerprint density at radius 2 is 2.33 bits per heavy atom. The highest BCUT2D eigenvalue weighted by Crippen LogP contribution is 2.26. The molecule has 0 spiro atoms. The maximum Gasteiger partial charge on any atom is 0.156 e. The Balaban J connectivity index is 1.90. The Labute approximate surface area is 88.5 Å².